The van der Waals surface area contributed by atoms with Gasteiger partial charge in [-0.05, 0) is 37.5 Å². The standard InChI is InChI=1S/C22H32FN5O2.HI/c1-4-17(5-2)20-14-19(30-28-20)15-27-22(24-6-3)26-11-10-25-21(29)13-16-8-7-9-18(23)12-16;/h7-9,12,14,17H,4-6,10-11,13,15H2,1-3H3,(H,25,29)(H2,24,26,27);1H. The van der Waals surface area contributed by atoms with E-state index < -0.39 is 0 Å². The predicted octanol–water partition coefficient (Wildman–Crippen LogP) is 3.75. The highest BCUT2D eigenvalue weighted by atomic mass is 127. The van der Waals surface area contributed by atoms with E-state index in [1.165, 1.54) is 12.1 Å². The molecule has 9 heteroatoms. The van der Waals surface area contributed by atoms with Gasteiger partial charge in [-0.25, -0.2) is 9.38 Å². The quantitative estimate of drug-likeness (QED) is 0.173. The van der Waals surface area contributed by atoms with Gasteiger partial charge in [0.1, 0.15) is 12.4 Å². The summed E-state index contributed by atoms with van der Waals surface area (Å²) in [5.74, 6) is 1.27. The molecular formula is C22H33FIN5O2. The molecule has 1 heterocycles. The van der Waals surface area contributed by atoms with Gasteiger partial charge in [0.25, 0.3) is 0 Å². The zero-order valence-corrected chi connectivity index (χ0v) is 20.7. The minimum Gasteiger partial charge on any atom is -0.359 e. The van der Waals surface area contributed by atoms with E-state index in [-0.39, 0.29) is 42.1 Å². The van der Waals surface area contributed by atoms with E-state index in [2.05, 4.69) is 39.9 Å². The van der Waals surface area contributed by atoms with Crippen molar-refractivity contribution in [2.24, 2.45) is 4.99 Å². The van der Waals surface area contributed by atoms with Gasteiger partial charge < -0.3 is 20.5 Å². The molecule has 0 aliphatic carbocycles. The smallest absolute Gasteiger partial charge is 0.224 e. The van der Waals surface area contributed by atoms with Gasteiger partial charge in [-0.1, -0.05) is 31.1 Å². The lowest BCUT2D eigenvalue weighted by atomic mass is 9.99. The van der Waals surface area contributed by atoms with Crippen molar-refractivity contribution in [3.8, 4) is 0 Å². The number of rotatable bonds is 11. The lowest BCUT2D eigenvalue weighted by molar-refractivity contribution is -0.120. The minimum absolute atomic E-state index is 0. The second-order valence-corrected chi connectivity index (χ2v) is 7.01. The number of halogens is 2. The summed E-state index contributed by atoms with van der Waals surface area (Å²) in [7, 11) is 0. The van der Waals surface area contributed by atoms with Crippen LogP contribution in [0.2, 0.25) is 0 Å². The maximum absolute atomic E-state index is 13.2. The molecule has 31 heavy (non-hydrogen) atoms. The summed E-state index contributed by atoms with van der Waals surface area (Å²) >= 11 is 0. The number of amides is 1. The Morgan fingerprint density at radius 2 is 1.87 bits per heavy atom. The van der Waals surface area contributed by atoms with Crippen LogP contribution in [0.4, 0.5) is 4.39 Å². The fraction of sp³-hybridized carbons (Fsp3) is 0.500. The Kier molecular flexibility index (Phi) is 12.8. The SMILES string of the molecule is CCNC(=NCc1cc(C(CC)CC)no1)NCCNC(=O)Cc1cccc(F)c1.I. The normalized spacial score (nSPS) is 11.2. The van der Waals surface area contributed by atoms with E-state index in [1.807, 2.05) is 13.0 Å². The molecule has 0 aliphatic rings. The third kappa shape index (κ3) is 9.67. The summed E-state index contributed by atoms with van der Waals surface area (Å²) in [4.78, 5) is 16.5. The van der Waals surface area contributed by atoms with Crippen molar-refractivity contribution in [3.63, 3.8) is 0 Å². The maximum Gasteiger partial charge on any atom is 0.224 e. The average molecular weight is 545 g/mol. The van der Waals surface area contributed by atoms with Gasteiger partial charge in [-0.3, -0.25) is 4.79 Å². The van der Waals surface area contributed by atoms with Crippen LogP contribution in [0.3, 0.4) is 0 Å². The van der Waals surface area contributed by atoms with Gasteiger partial charge in [0.2, 0.25) is 5.91 Å². The molecule has 0 fully saturated rings. The second kappa shape index (κ2) is 14.8. The van der Waals surface area contributed by atoms with Gasteiger partial charge in [0, 0.05) is 31.6 Å². The van der Waals surface area contributed by atoms with Crippen molar-refractivity contribution in [2.75, 3.05) is 19.6 Å². The third-order valence-corrected chi connectivity index (χ3v) is 4.71. The van der Waals surface area contributed by atoms with Crippen LogP contribution >= 0.6 is 24.0 Å². The van der Waals surface area contributed by atoms with Crippen molar-refractivity contribution >= 4 is 35.8 Å². The monoisotopic (exact) mass is 545 g/mol. The van der Waals surface area contributed by atoms with Gasteiger partial charge in [-0.2, -0.15) is 0 Å². The molecule has 3 N–H and O–H groups in total. The first-order valence-corrected chi connectivity index (χ1v) is 10.5. The van der Waals surface area contributed by atoms with Gasteiger partial charge in [0.15, 0.2) is 11.7 Å². The minimum atomic E-state index is -0.341. The molecule has 0 saturated heterocycles. The van der Waals surface area contributed by atoms with Crippen molar-refractivity contribution < 1.29 is 13.7 Å². The molecule has 0 bridgehead atoms. The number of nitrogens with one attached hydrogen (secondary N) is 3. The van der Waals surface area contributed by atoms with Crippen molar-refractivity contribution in [3.05, 3.63) is 53.2 Å². The van der Waals surface area contributed by atoms with Crippen LogP contribution in [0, 0.1) is 5.82 Å². The number of guanidine groups is 1. The topological polar surface area (TPSA) is 91.6 Å². The molecule has 0 saturated carbocycles. The highest BCUT2D eigenvalue weighted by molar-refractivity contribution is 14.0. The van der Waals surface area contributed by atoms with Gasteiger partial charge in [0.05, 0.1) is 12.1 Å². The number of nitrogens with zero attached hydrogens (tertiary/aromatic N) is 2. The summed E-state index contributed by atoms with van der Waals surface area (Å²) in [5, 5.41) is 13.3. The first kappa shape index (κ1) is 26.9. The zero-order valence-electron chi connectivity index (χ0n) is 18.4. The van der Waals surface area contributed by atoms with Crippen LogP contribution in [0.15, 0.2) is 39.8 Å². The van der Waals surface area contributed by atoms with Crippen molar-refractivity contribution in [1.82, 2.24) is 21.1 Å². The molecule has 2 rings (SSSR count). The van der Waals surface area contributed by atoms with E-state index in [0.29, 0.717) is 43.6 Å². The number of hydrogen-bond donors (Lipinski definition) is 3. The van der Waals surface area contributed by atoms with E-state index in [0.717, 1.165) is 24.3 Å². The second-order valence-electron chi connectivity index (χ2n) is 7.01. The number of aromatic nitrogens is 1. The number of hydrogen-bond acceptors (Lipinski definition) is 4. The molecule has 0 spiro atoms. The molecule has 1 aromatic carbocycles. The zero-order chi connectivity index (χ0) is 21.8. The van der Waals surface area contributed by atoms with Crippen LogP contribution < -0.4 is 16.0 Å². The molecule has 1 amide bonds. The van der Waals surface area contributed by atoms with Gasteiger partial charge >= 0.3 is 0 Å². The Labute approximate surface area is 200 Å². The van der Waals surface area contributed by atoms with E-state index >= 15 is 0 Å². The van der Waals surface area contributed by atoms with Crippen LogP contribution in [-0.2, 0) is 17.8 Å². The fourth-order valence-corrected chi connectivity index (χ4v) is 3.08. The molecular weight excluding hydrogens is 512 g/mol. The Hall–Kier alpha value is -2.17. The Balaban J connectivity index is 0.00000480. The Morgan fingerprint density at radius 1 is 1.13 bits per heavy atom. The molecule has 0 radical (unpaired) electrons. The Morgan fingerprint density at radius 3 is 2.55 bits per heavy atom. The highest BCUT2D eigenvalue weighted by Gasteiger charge is 2.12. The molecule has 2 aromatic rings. The summed E-state index contributed by atoms with van der Waals surface area (Å²) in [6.07, 6.45) is 2.21. The lowest BCUT2D eigenvalue weighted by Crippen LogP contribution is -2.41. The molecule has 172 valence electrons. The van der Waals surface area contributed by atoms with E-state index in [1.54, 1.807) is 12.1 Å². The van der Waals surface area contributed by atoms with Crippen LogP contribution in [0.25, 0.3) is 0 Å². The highest BCUT2D eigenvalue weighted by Crippen LogP contribution is 2.22. The van der Waals surface area contributed by atoms with E-state index in [4.69, 9.17) is 4.52 Å². The first-order chi connectivity index (χ1) is 14.5. The summed E-state index contributed by atoms with van der Waals surface area (Å²) in [5.41, 5.74) is 1.62. The fourth-order valence-electron chi connectivity index (χ4n) is 3.08. The summed E-state index contributed by atoms with van der Waals surface area (Å²) in [6, 6.07) is 8.03. The summed E-state index contributed by atoms with van der Waals surface area (Å²) < 4.78 is 18.6. The summed E-state index contributed by atoms with van der Waals surface area (Å²) in [6.45, 7) is 8.31. The van der Waals surface area contributed by atoms with Crippen LogP contribution in [0.1, 0.15) is 56.5 Å². The first-order valence-electron chi connectivity index (χ1n) is 10.5. The van der Waals surface area contributed by atoms with Gasteiger partial charge in [-0.15, -0.1) is 24.0 Å². The molecule has 0 unspecified atom stereocenters. The average Bonchev–Trinajstić information content (AvgIpc) is 3.19. The molecule has 0 aliphatic heterocycles. The predicted molar refractivity (Wildman–Crippen MR) is 131 cm³/mol. The number of benzene rings is 1. The molecule has 1 aromatic heterocycles. The molecule has 7 nitrogen and oxygen atoms in total. The lowest BCUT2D eigenvalue weighted by Gasteiger charge is -2.11. The maximum atomic E-state index is 13.2. The number of aliphatic imine (C=N–C) groups is 1. The number of carbonyl (C=O) groups is 1. The van der Waals surface area contributed by atoms with Crippen LogP contribution in [0.5, 0.6) is 0 Å². The van der Waals surface area contributed by atoms with Crippen molar-refractivity contribution in [1.29, 1.82) is 0 Å². The Bertz CT molecular complexity index is 824. The largest absolute Gasteiger partial charge is 0.359 e. The van der Waals surface area contributed by atoms with Crippen molar-refractivity contribution in [2.45, 2.75) is 52.5 Å². The third-order valence-electron chi connectivity index (χ3n) is 4.71. The number of carbonyl (C=O) groups excluding carboxylic acids is 1. The van der Waals surface area contributed by atoms with Crippen LogP contribution in [-0.4, -0.2) is 36.7 Å². The molecule has 0 atom stereocenters. The van der Waals surface area contributed by atoms with E-state index in [9.17, 15) is 9.18 Å².